The third kappa shape index (κ3) is 6.81. The summed E-state index contributed by atoms with van der Waals surface area (Å²) in [5.41, 5.74) is 0.122. The molecule has 0 bridgehead atoms. The summed E-state index contributed by atoms with van der Waals surface area (Å²) in [6.45, 7) is 7.27. The predicted molar refractivity (Wildman–Crippen MR) is 110 cm³/mol. The van der Waals surface area contributed by atoms with Gasteiger partial charge in [-0.15, -0.1) is 11.8 Å². The van der Waals surface area contributed by atoms with E-state index < -0.39 is 10.5 Å². The second kappa shape index (κ2) is 9.82. The van der Waals surface area contributed by atoms with Crippen LogP contribution in [0.3, 0.4) is 0 Å². The van der Waals surface area contributed by atoms with Gasteiger partial charge in [-0.3, -0.25) is 14.9 Å². The summed E-state index contributed by atoms with van der Waals surface area (Å²) in [5.74, 6) is 0.949. The second-order valence-electron chi connectivity index (χ2n) is 7.60. The Morgan fingerprint density at radius 1 is 1.17 bits per heavy atom. The van der Waals surface area contributed by atoms with Gasteiger partial charge in [0.05, 0.1) is 17.8 Å². The molecule has 1 aromatic carbocycles. The predicted octanol–water partition coefficient (Wildman–Crippen LogP) is 2.92. The highest BCUT2D eigenvalue weighted by Crippen LogP contribution is 2.29. The summed E-state index contributed by atoms with van der Waals surface area (Å²) in [7, 11) is 1.39. The maximum Gasteiger partial charge on any atom is 0.410 e. The first-order valence-electron chi connectivity index (χ1n) is 9.25. The Kier molecular flexibility index (Phi) is 7.72. The van der Waals surface area contributed by atoms with E-state index in [1.165, 1.54) is 24.9 Å². The van der Waals surface area contributed by atoms with Crippen molar-refractivity contribution in [3.8, 4) is 5.75 Å². The minimum absolute atomic E-state index is 0.0122. The molecule has 1 saturated heterocycles. The van der Waals surface area contributed by atoms with Crippen LogP contribution in [0, 0.1) is 10.1 Å². The molecule has 1 aromatic rings. The molecule has 29 heavy (non-hydrogen) atoms. The number of carbonyl (C=O) groups is 2. The van der Waals surface area contributed by atoms with Crippen LogP contribution in [-0.2, 0) is 15.3 Å². The monoisotopic (exact) mass is 425 g/mol. The molecule has 0 radical (unpaired) electrons. The number of thioether (sulfide) groups is 1. The quantitative estimate of drug-likeness (QED) is 0.510. The first-order valence-corrected chi connectivity index (χ1v) is 10.4. The summed E-state index contributed by atoms with van der Waals surface area (Å²) in [5, 5.41) is 11.1. The van der Waals surface area contributed by atoms with Crippen molar-refractivity contribution in [2.24, 2.45) is 0 Å². The number of nitro benzene ring substituents is 1. The summed E-state index contributed by atoms with van der Waals surface area (Å²) < 4.78 is 10.3. The number of methoxy groups -OCH3 is 1. The number of ether oxygens (including phenoxy) is 2. The molecule has 0 spiro atoms. The van der Waals surface area contributed by atoms with E-state index in [0.717, 1.165) is 5.56 Å². The zero-order valence-electron chi connectivity index (χ0n) is 17.2. The van der Waals surface area contributed by atoms with E-state index in [1.54, 1.807) is 21.9 Å². The fourth-order valence-electron chi connectivity index (χ4n) is 2.78. The van der Waals surface area contributed by atoms with Gasteiger partial charge in [-0.1, -0.05) is 6.07 Å². The fourth-order valence-corrected chi connectivity index (χ4v) is 3.65. The van der Waals surface area contributed by atoms with Gasteiger partial charge in [0, 0.05) is 38.0 Å². The number of benzene rings is 1. The third-order valence-electron chi connectivity index (χ3n) is 4.22. The van der Waals surface area contributed by atoms with Crippen LogP contribution in [-0.4, -0.2) is 71.4 Å². The summed E-state index contributed by atoms with van der Waals surface area (Å²) in [6.07, 6.45) is -0.361. The molecule has 1 fully saturated rings. The number of rotatable bonds is 6. The Bertz CT molecular complexity index is 757. The van der Waals surface area contributed by atoms with Gasteiger partial charge >= 0.3 is 11.8 Å². The number of piperazine rings is 1. The minimum Gasteiger partial charge on any atom is -0.490 e. The molecule has 0 saturated carbocycles. The van der Waals surface area contributed by atoms with Crippen molar-refractivity contribution in [1.82, 2.24) is 9.80 Å². The van der Waals surface area contributed by atoms with Crippen LogP contribution in [0.15, 0.2) is 18.2 Å². The van der Waals surface area contributed by atoms with Crippen molar-refractivity contribution in [2.45, 2.75) is 32.1 Å². The summed E-state index contributed by atoms with van der Waals surface area (Å²) in [6, 6.07) is 4.78. The number of carbonyl (C=O) groups excluding carboxylic acids is 2. The van der Waals surface area contributed by atoms with E-state index in [1.807, 2.05) is 20.8 Å². The molecule has 0 aliphatic carbocycles. The number of hydrogen-bond donors (Lipinski definition) is 0. The first-order chi connectivity index (χ1) is 13.6. The van der Waals surface area contributed by atoms with Gasteiger partial charge in [0.1, 0.15) is 5.60 Å². The zero-order chi connectivity index (χ0) is 21.6. The standard InChI is InChI=1S/C19H27N3O6S/c1-19(2,3)28-18(24)21-9-7-20(8-10-21)17(23)13-29-12-14-5-6-16(27-4)15(11-14)22(25)26/h5-6,11H,7-10,12-13H2,1-4H3. The van der Waals surface area contributed by atoms with E-state index in [-0.39, 0.29) is 29.2 Å². The van der Waals surface area contributed by atoms with Crippen LogP contribution in [0.5, 0.6) is 5.75 Å². The van der Waals surface area contributed by atoms with Gasteiger partial charge in [0.2, 0.25) is 5.91 Å². The van der Waals surface area contributed by atoms with E-state index >= 15 is 0 Å². The van der Waals surface area contributed by atoms with E-state index in [4.69, 9.17) is 9.47 Å². The molecule has 10 heteroatoms. The molecule has 0 N–H and O–H groups in total. The highest BCUT2D eigenvalue weighted by molar-refractivity contribution is 7.99. The van der Waals surface area contributed by atoms with E-state index in [9.17, 15) is 19.7 Å². The molecule has 160 valence electrons. The molecular formula is C19H27N3O6S. The topological polar surface area (TPSA) is 102 Å². The molecular weight excluding hydrogens is 398 g/mol. The average molecular weight is 426 g/mol. The smallest absolute Gasteiger partial charge is 0.410 e. The van der Waals surface area contributed by atoms with Gasteiger partial charge in [-0.05, 0) is 32.4 Å². The molecule has 0 atom stereocenters. The molecule has 1 heterocycles. The Balaban J connectivity index is 1.79. The van der Waals surface area contributed by atoms with Gasteiger partial charge in [-0.2, -0.15) is 0 Å². The molecule has 9 nitrogen and oxygen atoms in total. The lowest BCUT2D eigenvalue weighted by molar-refractivity contribution is -0.385. The Labute approximate surface area is 174 Å². The number of nitro groups is 1. The van der Waals surface area contributed by atoms with Crippen molar-refractivity contribution >= 4 is 29.4 Å². The number of hydrogen-bond acceptors (Lipinski definition) is 7. The first kappa shape index (κ1) is 22.8. The highest BCUT2D eigenvalue weighted by atomic mass is 32.2. The molecule has 1 aliphatic rings. The van der Waals surface area contributed by atoms with Gasteiger partial charge in [0.25, 0.3) is 0 Å². The van der Waals surface area contributed by atoms with Crippen molar-refractivity contribution in [3.05, 3.63) is 33.9 Å². The third-order valence-corrected chi connectivity index (χ3v) is 5.21. The van der Waals surface area contributed by atoms with Crippen LogP contribution in [0.2, 0.25) is 0 Å². The lowest BCUT2D eigenvalue weighted by Crippen LogP contribution is -2.52. The minimum atomic E-state index is -0.544. The highest BCUT2D eigenvalue weighted by Gasteiger charge is 2.27. The molecule has 0 aromatic heterocycles. The fraction of sp³-hybridized carbons (Fsp3) is 0.579. The maximum absolute atomic E-state index is 12.4. The molecule has 2 rings (SSSR count). The second-order valence-corrected chi connectivity index (χ2v) is 8.59. The van der Waals surface area contributed by atoms with E-state index in [0.29, 0.717) is 31.9 Å². The molecule has 1 aliphatic heterocycles. The SMILES string of the molecule is COc1ccc(CSCC(=O)N2CCN(C(=O)OC(C)(C)C)CC2)cc1[N+](=O)[O-]. The lowest BCUT2D eigenvalue weighted by atomic mass is 10.2. The Morgan fingerprint density at radius 3 is 2.34 bits per heavy atom. The van der Waals surface area contributed by atoms with Crippen LogP contribution in [0.4, 0.5) is 10.5 Å². The number of nitrogens with zero attached hydrogens (tertiary/aromatic N) is 3. The van der Waals surface area contributed by atoms with Crippen LogP contribution < -0.4 is 4.74 Å². The lowest BCUT2D eigenvalue weighted by Gasteiger charge is -2.35. The van der Waals surface area contributed by atoms with Crippen LogP contribution in [0.25, 0.3) is 0 Å². The Morgan fingerprint density at radius 2 is 1.79 bits per heavy atom. The van der Waals surface area contributed by atoms with Crippen molar-refractivity contribution in [2.75, 3.05) is 39.0 Å². The van der Waals surface area contributed by atoms with Gasteiger partial charge in [-0.25, -0.2) is 4.79 Å². The van der Waals surface area contributed by atoms with Crippen molar-refractivity contribution in [3.63, 3.8) is 0 Å². The van der Waals surface area contributed by atoms with Gasteiger partial charge < -0.3 is 19.3 Å². The summed E-state index contributed by atoms with van der Waals surface area (Å²) >= 11 is 1.40. The maximum atomic E-state index is 12.4. The van der Waals surface area contributed by atoms with Gasteiger partial charge in [0.15, 0.2) is 5.75 Å². The average Bonchev–Trinajstić information content (AvgIpc) is 2.66. The van der Waals surface area contributed by atoms with Crippen LogP contribution in [0.1, 0.15) is 26.3 Å². The zero-order valence-corrected chi connectivity index (χ0v) is 18.0. The molecule has 2 amide bonds. The molecule has 0 unspecified atom stereocenters. The van der Waals surface area contributed by atoms with Crippen molar-refractivity contribution in [1.29, 1.82) is 0 Å². The normalized spacial score (nSPS) is 14.5. The largest absolute Gasteiger partial charge is 0.490 e. The Hall–Kier alpha value is -2.49. The van der Waals surface area contributed by atoms with Crippen molar-refractivity contribution < 1.29 is 24.0 Å². The van der Waals surface area contributed by atoms with Crippen LogP contribution >= 0.6 is 11.8 Å². The van der Waals surface area contributed by atoms with E-state index in [2.05, 4.69) is 0 Å². The summed E-state index contributed by atoms with van der Waals surface area (Å²) in [4.78, 5) is 38.4. The number of amides is 2.